The van der Waals surface area contributed by atoms with Gasteiger partial charge in [-0.3, -0.25) is 0 Å². The first-order valence-corrected chi connectivity index (χ1v) is 8.93. The van der Waals surface area contributed by atoms with Gasteiger partial charge in [-0.05, 0) is 41.3 Å². The first kappa shape index (κ1) is 18.0. The van der Waals surface area contributed by atoms with Crippen molar-refractivity contribution < 1.29 is 9.47 Å². The predicted octanol–water partition coefficient (Wildman–Crippen LogP) is 4.91. The highest BCUT2D eigenvalue weighted by atomic mass is 16.5. The third kappa shape index (κ3) is 4.87. The molecule has 0 saturated heterocycles. The Hall–Kier alpha value is -2.78. The maximum Gasteiger partial charge on any atom is 0.161 e. The topological polar surface area (TPSA) is 44.5 Å². The summed E-state index contributed by atoms with van der Waals surface area (Å²) in [5.41, 5.74) is 9.22. The molecule has 0 aliphatic rings. The molecule has 0 aliphatic carbocycles. The lowest BCUT2D eigenvalue weighted by Crippen LogP contribution is -2.09. The maximum atomic E-state index is 6.08. The lowest BCUT2D eigenvalue weighted by Gasteiger charge is -2.16. The van der Waals surface area contributed by atoms with Crippen molar-refractivity contribution in [1.29, 1.82) is 0 Å². The van der Waals surface area contributed by atoms with E-state index in [9.17, 15) is 0 Å². The molecule has 0 spiro atoms. The second-order valence-electron chi connectivity index (χ2n) is 6.39. The van der Waals surface area contributed by atoms with E-state index in [2.05, 4.69) is 37.3 Å². The Labute approximate surface area is 155 Å². The van der Waals surface area contributed by atoms with Crippen LogP contribution in [0.5, 0.6) is 11.5 Å². The van der Waals surface area contributed by atoms with E-state index in [0.717, 1.165) is 28.2 Å². The summed E-state index contributed by atoms with van der Waals surface area (Å²) in [6.45, 7) is 3.72. The van der Waals surface area contributed by atoms with Crippen LogP contribution >= 0.6 is 0 Å². The molecule has 1 atom stereocenters. The summed E-state index contributed by atoms with van der Waals surface area (Å²) in [5, 5.41) is 0. The second-order valence-corrected chi connectivity index (χ2v) is 6.39. The molecular formula is C23H25NO2. The van der Waals surface area contributed by atoms with E-state index in [-0.39, 0.29) is 5.92 Å². The van der Waals surface area contributed by atoms with Gasteiger partial charge >= 0.3 is 0 Å². The number of ether oxygens (including phenoxy) is 2. The fourth-order valence-electron chi connectivity index (χ4n) is 2.67. The van der Waals surface area contributed by atoms with Gasteiger partial charge in [-0.2, -0.15) is 0 Å². The molecule has 3 rings (SSSR count). The zero-order valence-electron chi connectivity index (χ0n) is 15.1. The molecule has 0 radical (unpaired) electrons. The number of nitrogens with two attached hydrogens (primary N) is 1. The van der Waals surface area contributed by atoms with Crippen LogP contribution in [0.3, 0.4) is 0 Å². The van der Waals surface area contributed by atoms with Crippen molar-refractivity contribution in [2.75, 3.05) is 6.54 Å². The van der Waals surface area contributed by atoms with Crippen molar-refractivity contribution in [3.8, 4) is 11.5 Å². The van der Waals surface area contributed by atoms with E-state index < -0.39 is 0 Å². The van der Waals surface area contributed by atoms with Gasteiger partial charge in [0.05, 0.1) is 0 Å². The zero-order chi connectivity index (χ0) is 18.2. The van der Waals surface area contributed by atoms with Gasteiger partial charge in [-0.1, -0.05) is 73.7 Å². The number of hydrogen-bond donors (Lipinski definition) is 1. The van der Waals surface area contributed by atoms with Crippen LogP contribution in [0.2, 0.25) is 0 Å². The van der Waals surface area contributed by atoms with E-state index in [0.29, 0.717) is 19.8 Å². The summed E-state index contributed by atoms with van der Waals surface area (Å²) >= 11 is 0. The van der Waals surface area contributed by atoms with Crippen molar-refractivity contribution in [3.63, 3.8) is 0 Å². The fourth-order valence-corrected chi connectivity index (χ4v) is 2.67. The summed E-state index contributed by atoms with van der Waals surface area (Å²) in [7, 11) is 0. The Kier molecular flexibility index (Phi) is 6.29. The van der Waals surface area contributed by atoms with Gasteiger partial charge in [0, 0.05) is 0 Å². The first-order chi connectivity index (χ1) is 12.8. The lowest BCUT2D eigenvalue weighted by molar-refractivity contribution is 0.255. The van der Waals surface area contributed by atoms with Gasteiger partial charge in [0.1, 0.15) is 13.2 Å². The Balaban J connectivity index is 1.77. The van der Waals surface area contributed by atoms with Crippen LogP contribution < -0.4 is 15.2 Å². The summed E-state index contributed by atoms with van der Waals surface area (Å²) in [5.74, 6) is 1.78. The van der Waals surface area contributed by atoms with Crippen LogP contribution in [-0.2, 0) is 13.2 Å². The lowest BCUT2D eigenvalue weighted by atomic mass is 10.0. The Bertz CT molecular complexity index is 803. The van der Waals surface area contributed by atoms with E-state index >= 15 is 0 Å². The van der Waals surface area contributed by atoms with Gasteiger partial charge in [0.15, 0.2) is 11.5 Å². The molecule has 0 amide bonds. The summed E-state index contributed by atoms with van der Waals surface area (Å²) in [4.78, 5) is 0. The van der Waals surface area contributed by atoms with Crippen molar-refractivity contribution in [1.82, 2.24) is 0 Å². The van der Waals surface area contributed by atoms with Crippen molar-refractivity contribution in [3.05, 3.63) is 95.6 Å². The van der Waals surface area contributed by atoms with E-state index in [1.807, 2.05) is 48.5 Å². The monoisotopic (exact) mass is 347 g/mol. The van der Waals surface area contributed by atoms with E-state index in [4.69, 9.17) is 15.2 Å². The first-order valence-electron chi connectivity index (χ1n) is 8.93. The van der Waals surface area contributed by atoms with Gasteiger partial charge in [-0.15, -0.1) is 0 Å². The second kappa shape index (κ2) is 9.07. The van der Waals surface area contributed by atoms with Crippen molar-refractivity contribution >= 4 is 0 Å². The van der Waals surface area contributed by atoms with Gasteiger partial charge in [0.25, 0.3) is 0 Å². The third-order valence-electron chi connectivity index (χ3n) is 4.36. The quantitative estimate of drug-likeness (QED) is 0.630. The number of hydrogen-bond acceptors (Lipinski definition) is 3. The van der Waals surface area contributed by atoms with Crippen molar-refractivity contribution in [2.45, 2.75) is 26.1 Å². The largest absolute Gasteiger partial charge is 0.485 e. The molecule has 26 heavy (non-hydrogen) atoms. The minimum absolute atomic E-state index is 0.275. The third-order valence-corrected chi connectivity index (χ3v) is 4.36. The highest BCUT2D eigenvalue weighted by Gasteiger charge is 2.11. The molecule has 0 heterocycles. The fraction of sp³-hybridized carbons (Fsp3) is 0.217. The standard InChI is InChI=1S/C23H25NO2/c1-18(15-24)21-12-13-22(25-16-19-8-4-2-5-9-19)23(14-21)26-17-20-10-6-3-7-11-20/h2-14,18H,15-17,24H2,1H3. The molecule has 3 nitrogen and oxygen atoms in total. The number of rotatable bonds is 8. The van der Waals surface area contributed by atoms with Gasteiger partial charge < -0.3 is 15.2 Å². The minimum Gasteiger partial charge on any atom is -0.485 e. The smallest absolute Gasteiger partial charge is 0.161 e. The molecule has 2 N–H and O–H groups in total. The van der Waals surface area contributed by atoms with Crippen LogP contribution in [0.15, 0.2) is 78.9 Å². The average molecular weight is 347 g/mol. The van der Waals surface area contributed by atoms with Crippen LogP contribution in [0.25, 0.3) is 0 Å². The van der Waals surface area contributed by atoms with Crippen molar-refractivity contribution in [2.24, 2.45) is 5.73 Å². The highest BCUT2D eigenvalue weighted by Crippen LogP contribution is 2.32. The van der Waals surface area contributed by atoms with Crippen LogP contribution in [-0.4, -0.2) is 6.54 Å². The molecule has 0 aromatic heterocycles. The molecule has 134 valence electrons. The number of benzene rings is 3. The molecule has 3 aromatic rings. The predicted molar refractivity (Wildman–Crippen MR) is 105 cm³/mol. The summed E-state index contributed by atoms with van der Waals surface area (Å²) in [6.07, 6.45) is 0. The molecule has 0 saturated carbocycles. The zero-order valence-corrected chi connectivity index (χ0v) is 15.1. The van der Waals surface area contributed by atoms with Crippen LogP contribution in [0.4, 0.5) is 0 Å². The normalized spacial score (nSPS) is 11.8. The summed E-state index contributed by atoms with van der Waals surface area (Å²) in [6, 6.07) is 26.3. The van der Waals surface area contributed by atoms with Crippen LogP contribution in [0.1, 0.15) is 29.5 Å². The van der Waals surface area contributed by atoms with Gasteiger partial charge in [0.2, 0.25) is 0 Å². The Morgan fingerprint density at radius 2 is 1.27 bits per heavy atom. The molecule has 0 bridgehead atoms. The Morgan fingerprint density at radius 3 is 1.81 bits per heavy atom. The molecule has 0 fully saturated rings. The minimum atomic E-state index is 0.275. The Morgan fingerprint density at radius 1 is 0.731 bits per heavy atom. The molecule has 0 aliphatic heterocycles. The van der Waals surface area contributed by atoms with E-state index in [1.165, 1.54) is 0 Å². The van der Waals surface area contributed by atoms with Gasteiger partial charge in [-0.25, -0.2) is 0 Å². The average Bonchev–Trinajstić information content (AvgIpc) is 2.72. The molecule has 1 unspecified atom stereocenters. The maximum absolute atomic E-state index is 6.08. The molecular weight excluding hydrogens is 322 g/mol. The van der Waals surface area contributed by atoms with E-state index in [1.54, 1.807) is 0 Å². The molecule has 3 aromatic carbocycles. The highest BCUT2D eigenvalue weighted by molar-refractivity contribution is 5.44. The SMILES string of the molecule is CC(CN)c1ccc(OCc2ccccc2)c(OCc2ccccc2)c1. The summed E-state index contributed by atoms with van der Waals surface area (Å²) < 4.78 is 12.1. The van der Waals surface area contributed by atoms with Crippen LogP contribution in [0, 0.1) is 0 Å². The molecule has 3 heteroatoms.